The first kappa shape index (κ1) is 5.79. The summed E-state index contributed by atoms with van der Waals surface area (Å²) in [5, 5.41) is 0. The van der Waals surface area contributed by atoms with Gasteiger partial charge in [-0.3, -0.25) is 0 Å². The van der Waals surface area contributed by atoms with Gasteiger partial charge in [-0.15, -0.1) is 0 Å². The molecule has 1 N–H and O–H groups in total. The summed E-state index contributed by atoms with van der Waals surface area (Å²) in [5.74, 6) is 0. The fourth-order valence-electron chi connectivity index (χ4n) is 0.611. The molecule has 0 heterocycles. The van der Waals surface area contributed by atoms with Crippen molar-refractivity contribution in [3.8, 4) is 0 Å². The second kappa shape index (κ2) is 2.29. The minimum absolute atomic E-state index is 0.474. The summed E-state index contributed by atoms with van der Waals surface area (Å²) < 4.78 is 0. The summed E-state index contributed by atoms with van der Waals surface area (Å²) in [6.45, 7) is 0. The van der Waals surface area contributed by atoms with Crippen molar-refractivity contribution in [3.63, 3.8) is 0 Å². The monoisotopic (exact) mass is 120 g/mol. The van der Waals surface area contributed by atoms with Crippen molar-refractivity contribution >= 4 is 5.71 Å². The molecule has 3 heteroatoms. The number of nitrogens with one attached hydrogen (secondary N) is 1. The van der Waals surface area contributed by atoms with E-state index in [4.69, 9.17) is 11.3 Å². The fourth-order valence-corrected chi connectivity index (χ4v) is 0.611. The molecule has 0 aromatic carbocycles. The second-order valence-electron chi connectivity index (χ2n) is 1.79. The number of hydrogen-bond acceptors (Lipinski definition) is 0. The van der Waals surface area contributed by atoms with Crippen LogP contribution in [0, 0.1) is 0 Å². The minimum Gasteiger partial charge on any atom is -0.361 e. The van der Waals surface area contributed by atoms with Crippen LogP contribution < -0.4 is 5.73 Å². The van der Waals surface area contributed by atoms with Gasteiger partial charge < -0.3 is 11.3 Å². The molecule has 45 valence electrons. The lowest BCUT2D eigenvalue weighted by molar-refractivity contribution is -0.00541. The largest absolute Gasteiger partial charge is 0.361 e. The van der Waals surface area contributed by atoms with Crippen LogP contribution in [0.1, 0.15) is 6.42 Å². The zero-order chi connectivity index (χ0) is 6.69. The molecule has 1 rings (SSSR count). The first-order valence-corrected chi connectivity index (χ1v) is 2.63. The third-order valence-corrected chi connectivity index (χ3v) is 1.11. The quantitative estimate of drug-likeness (QED) is 0.335. The van der Waals surface area contributed by atoms with Crippen molar-refractivity contribution in [2.75, 3.05) is 0 Å². The third kappa shape index (κ3) is 1.27. The maximum atomic E-state index is 8.22. The van der Waals surface area contributed by atoms with Gasteiger partial charge in [-0.1, -0.05) is 0 Å². The molecule has 3 nitrogen and oxygen atoms in total. The van der Waals surface area contributed by atoms with Crippen LogP contribution in [0.3, 0.4) is 0 Å². The lowest BCUT2D eigenvalue weighted by atomic mass is 10.1. The van der Waals surface area contributed by atoms with Crippen molar-refractivity contribution in [2.24, 2.45) is 0 Å². The lowest BCUT2D eigenvalue weighted by Crippen LogP contribution is -1.98. The van der Waals surface area contributed by atoms with E-state index in [-0.39, 0.29) is 0 Å². The Kier molecular flexibility index (Phi) is 1.47. The van der Waals surface area contributed by atoms with Gasteiger partial charge in [0.25, 0.3) is 5.71 Å². The van der Waals surface area contributed by atoms with E-state index in [2.05, 4.69) is 4.79 Å². The van der Waals surface area contributed by atoms with Crippen molar-refractivity contribution in [1.29, 1.82) is 0 Å². The van der Waals surface area contributed by atoms with Crippen LogP contribution in [-0.2, 0) is 0 Å². The highest BCUT2D eigenvalue weighted by Crippen LogP contribution is 2.01. The van der Waals surface area contributed by atoms with E-state index in [1.54, 1.807) is 18.2 Å². The number of allylic oxidation sites excluding steroid dienone is 3. The molecule has 0 fully saturated rings. The predicted octanol–water partition coefficient (Wildman–Crippen LogP) is 0.784. The van der Waals surface area contributed by atoms with Gasteiger partial charge in [0.05, 0.1) is 12.1 Å². The highest BCUT2D eigenvalue weighted by atomic mass is 14.8. The molecule has 1 aliphatic carbocycles. The van der Waals surface area contributed by atoms with Gasteiger partial charge in [-0.2, -0.15) is 4.79 Å². The zero-order valence-corrected chi connectivity index (χ0v) is 4.83. The van der Waals surface area contributed by atoms with E-state index >= 15 is 0 Å². The van der Waals surface area contributed by atoms with Crippen LogP contribution in [0.15, 0.2) is 23.9 Å². The molecule has 0 amide bonds. The van der Waals surface area contributed by atoms with E-state index in [1.165, 1.54) is 0 Å². The molecule has 0 aromatic heterocycles. The van der Waals surface area contributed by atoms with Crippen LogP contribution in [0.4, 0.5) is 0 Å². The van der Waals surface area contributed by atoms with Gasteiger partial charge in [0.2, 0.25) is 0 Å². The highest BCUT2D eigenvalue weighted by molar-refractivity contribution is 5.92. The number of hydrogen-bond donors (Lipinski definition) is 0. The molecular formula is C6H6N3. The van der Waals surface area contributed by atoms with Crippen molar-refractivity contribution < 1.29 is 4.79 Å². The lowest BCUT2D eigenvalue weighted by Gasteiger charge is -1.92. The maximum Gasteiger partial charge on any atom is 0.295 e. The normalized spacial score (nSPS) is 16.9. The summed E-state index contributed by atoms with van der Waals surface area (Å²) in [6.07, 6.45) is 5.47. The Labute approximate surface area is 53.1 Å². The van der Waals surface area contributed by atoms with Crippen LogP contribution >= 0.6 is 0 Å². The van der Waals surface area contributed by atoms with Crippen molar-refractivity contribution in [3.05, 3.63) is 29.5 Å². The van der Waals surface area contributed by atoms with E-state index < -0.39 is 0 Å². The predicted molar refractivity (Wildman–Crippen MR) is 33.6 cm³/mol. The van der Waals surface area contributed by atoms with E-state index in [0.717, 1.165) is 0 Å². The van der Waals surface area contributed by atoms with Crippen molar-refractivity contribution in [1.82, 2.24) is 5.73 Å². The standard InChI is InChI=1S/C6H6N3/c7-5-1-3-6(9-8)4-2-5/h1-3,7H,4H2. The van der Waals surface area contributed by atoms with Crippen LogP contribution in [0.25, 0.3) is 5.53 Å². The molecule has 0 saturated carbocycles. The first-order valence-electron chi connectivity index (χ1n) is 2.63. The van der Waals surface area contributed by atoms with Gasteiger partial charge in [-0.05, 0) is 12.2 Å². The molecule has 0 bridgehead atoms. The van der Waals surface area contributed by atoms with Crippen LogP contribution in [0.2, 0.25) is 0 Å². The second-order valence-corrected chi connectivity index (χ2v) is 1.79. The zero-order valence-electron chi connectivity index (χ0n) is 4.83. The summed E-state index contributed by atoms with van der Waals surface area (Å²) in [4.78, 5) is 2.98. The average Bonchev–Trinajstić information content (AvgIpc) is 1.90. The topological polar surface area (TPSA) is 60.2 Å². The Bertz CT molecular complexity index is 218. The first-order chi connectivity index (χ1) is 4.33. The molecule has 0 atom stereocenters. The SMILES string of the molecule is [N-]=[N+]=C1C=CC([NH])=CC1. The van der Waals surface area contributed by atoms with Gasteiger partial charge in [0.15, 0.2) is 0 Å². The number of nitrogens with zero attached hydrogens (tertiary/aromatic N) is 2. The number of rotatable bonds is 0. The van der Waals surface area contributed by atoms with E-state index in [1.807, 2.05) is 0 Å². The summed E-state index contributed by atoms with van der Waals surface area (Å²) in [5.41, 5.74) is 16.4. The summed E-state index contributed by atoms with van der Waals surface area (Å²) in [7, 11) is 0. The molecule has 0 spiro atoms. The Morgan fingerprint density at radius 2 is 2.33 bits per heavy atom. The van der Waals surface area contributed by atoms with E-state index in [0.29, 0.717) is 17.8 Å². The highest BCUT2D eigenvalue weighted by Gasteiger charge is 2.04. The minimum atomic E-state index is 0.474. The molecule has 0 unspecified atom stereocenters. The smallest absolute Gasteiger partial charge is 0.295 e. The van der Waals surface area contributed by atoms with Gasteiger partial charge in [0, 0.05) is 6.08 Å². The van der Waals surface area contributed by atoms with E-state index in [9.17, 15) is 0 Å². The van der Waals surface area contributed by atoms with Gasteiger partial charge in [-0.25, -0.2) is 0 Å². The maximum absolute atomic E-state index is 8.22. The molecule has 0 aliphatic heterocycles. The molecule has 0 saturated heterocycles. The Balaban J connectivity index is 2.81. The summed E-state index contributed by atoms with van der Waals surface area (Å²) >= 11 is 0. The average molecular weight is 120 g/mol. The van der Waals surface area contributed by atoms with Crippen LogP contribution in [0.5, 0.6) is 0 Å². The van der Waals surface area contributed by atoms with Gasteiger partial charge in [0.1, 0.15) is 0 Å². The van der Waals surface area contributed by atoms with Crippen LogP contribution in [-0.4, -0.2) is 10.5 Å². The summed E-state index contributed by atoms with van der Waals surface area (Å²) in [6, 6.07) is 0. The molecule has 0 aromatic rings. The molecule has 1 radical (unpaired) electrons. The van der Waals surface area contributed by atoms with Gasteiger partial charge >= 0.3 is 0 Å². The third-order valence-electron chi connectivity index (χ3n) is 1.11. The Morgan fingerprint density at radius 3 is 2.78 bits per heavy atom. The Hall–Kier alpha value is -1.34. The molecule has 9 heavy (non-hydrogen) atoms. The van der Waals surface area contributed by atoms with Crippen molar-refractivity contribution in [2.45, 2.75) is 6.42 Å². The fraction of sp³-hybridized carbons (Fsp3) is 0.167. The molecule has 1 aliphatic rings. The molecular weight excluding hydrogens is 114 g/mol. The Morgan fingerprint density at radius 1 is 1.56 bits per heavy atom.